The number of halogens is 1. The molecule has 4 nitrogen and oxygen atoms in total. The lowest BCUT2D eigenvalue weighted by Gasteiger charge is -2.22. The Bertz CT molecular complexity index is 885. The molecule has 0 saturated carbocycles. The van der Waals surface area contributed by atoms with Crippen LogP contribution in [0.2, 0.25) is 0 Å². The second kappa shape index (κ2) is 9.40. The van der Waals surface area contributed by atoms with E-state index in [1.54, 1.807) is 0 Å². The Labute approximate surface area is 163 Å². The second-order valence-electron chi connectivity index (χ2n) is 6.42. The maximum absolute atomic E-state index is 12.2. The van der Waals surface area contributed by atoms with Crippen LogP contribution in [0.5, 0.6) is 0 Å². The van der Waals surface area contributed by atoms with E-state index in [9.17, 15) is 9.90 Å². The van der Waals surface area contributed by atoms with Crippen molar-refractivity contribution < 1.29 is 14.6 Å². The molecule has 1 amide bonds. The summed E-state index contributed by atoms with van der Waals surface area (Å²) in [6.45, 7) is 0.173. The fourth-order valence-electron chi connectivity index (χ4n) is 2.93. The number of aliphatic hydroxyl groups is 1. The molecule has 5 heteroatoms. The first-order chi connectivity index (χ1) is 13.2. The number of fused-ring (bicyclic) bond motifs is 1. The predicted octanol–water partition coefficient (Wildman–Crippen LogP) is 4.28. The number of carbonyl (C=O) groups is 1. The van der Waals surface area contributed by atoms with Crippen molar-refractivity contribution >= 4 is 28.5 Å². The maximum atomic E-state index is 12.2. The van der Waals surface area contributed by atoms with Gasteiger partial charge in [-0.15, -0.1) is 11.6 Å². The molecule has 27 heavy (non-hydrogen) atoms. The summed E-state index contributed by atoms with van der Waals surface area (Å²) in [4.78, 5) is 12.2. The molecule has 140 valence electrons. The van der Waals surface area contributed by atoms with Crippen molar-refractivity contribution in [2.24, 2.45) is 0 Å². The third kappa shape index (κ3) is 5.46. The van der Waals surface area contributed by atoms with Gasteiger partial charge in [-0.2, -0.15) is 0 Å². The molecule has 0 aromatic heterocycles. The van der Waals surface area contributed by atoms with Crippen LogP contribution in [0.4, 0.5) is 4.79 Å². The van der Waals surface area contributed by atoms with E-state index in [-0.39, 0.29) is 12.5 Å². The van der Waals surface area contributed by atoms with Gasteiger partial charge in [0, 0.05) is 0 Å². The van der Waals surface area contributed by atoms with Crippen molar-refractivity contribution in [3.05, 3.63) is 83.9 Å². The van der Waals surface area contributed by atoms with Gasteiger partial charge in [-0.25, -0.2) is 4.79 Å². The zero-order valence-corrected chi connectivity index (χ0v) is 15.6. The number of alkyl carbamates (subject to hydrolysis) is 1. The number of benzene rings is 3. The monoisotopic (exact) mass is 383 g/mol. The Morgan fingerprint density at radius 3 is 2.41 bits per heavy atom. The Balaban J connectivity index is 1.64. The van der Waals surface area contributed by atoms with E-state index in [4.69, 9.17) is 16.3 Å². The van der Waals surface area contributed by atoms with E-state index in [1.807, 2.05) is 66.7 Å². The molecule has 0 fully saturated rings. The molecule has 2 N–H and O–H groups in total. The molecule has 0 spiro atoms. The van der Waals surface area contributed by atoms with Gasteiger partial charge in [0.15, 0.2) is 0 Å². The van der Waals surface area contributed by atoms with Crippen LogP contribution in [-0.2, 0) is 17.8 Å². The average Bonchev–Trinajstić information content (AvgIpc) is 2.72. The van der Waals surface area contributed by atoms with Crippen LogP contribution >= 0.6 is 11.6 Å². The van der Waals surface area contributed by atoms with Crippen LogP contribution in [0.3, 0.4) is 0 Å². The predicted molar refractivity (Wildman–Crippen MR) is 108 cm³/mol. The average molecular weight is 384 g/mol. The van der Waals surface area contributed by atoms with Gasteiger partial charge in [-0.1, -0.05) is 72.8 Å². The first-order valence-corrected chi connectivity index (χ1v) is 9.38. The lowest BCUT2D eigenvalue weighted by Crippen LogP contribution is -2.45. The molecule has 2 atom stereocenters. The Morgan fingerprint density at radius 2 is 1.67 bits per heavy atom. The molecule has 0 bridgehead atoms. The highest BCUT2D eigenvalue weighted by atomic mass is 35.5. The Morgan fingerprint density at radius 1 is 0.963 bits per heavy atom. The van der Waals surface area contributed by atoms with Gasteiger partial charge in [-0.3, -0.25) is 0 Å². The number of alkyl halides is 1. The molecular weight excluding hydrogens is 362 g/mol. The number of aliphatic hydroxyl groups excluding tert-OH is 1. The molecule has 0 aliphatic carbocycles. The molecule has 0 saturated heterocycles. The third-order valence-electron chi connectivity index (χ3n) is 4.41. The highest BCUT2D eigenvalue weighted by molar-refractivity contribution is 6.18. The molecule has 3 aromatic carbocycles. The number of carbonyl (C=O) groups excluding carboxylic acids is 1. The number of ether oxygens (including phenoxy) is 1. The minimum Gasteiger partial charge on any atom is -0.445 e. The van der Waals surface area contributed by atoms with Gasteiger partial charge in [0.2, 0.25) is 0 Å². The number of hydrogen-bond acceptors (Lipinski definition) is 3. The molecule has 0 aliphatic heterocycles. The molecule has 0 heterocycles. The van der Waals surface area contributed by atoms with Gasteiger partial charge in [-0.05, 0) is 28.3 Å². The van der Waals surface area contributed by atoms with E-state index < -0.39 is 18.2 Å². The van der Waals surface area contributed by atoms with Crippen molar-refractivity contribution in [3.8, 4) is 0 Å². The zero-order valence-electron chi connectivity index (χ0n) is 14.8. The lowest BCUT2D eigenvalue weighted by atomic mass is 9.99. The first kappa shape index (κ1) is 19.2. The summed E-state index contributed by atoms with van der Waals surface area (Å²) in [6.07, 6.45) is -0.990. The summed E-state index contributed by atoms with van der Waals surface area (Å²) in [7, 11) is 0. The van der Waals surface area contributed by atoms with E-state index >= 15 is 0 Å². The molecule has 0 aliphatic rings. The minimum absolute atomic E-state index is 0.0250. The van der Waals surface area contributed by atoms with Crippen molar-refractivity contribution in [1.82, 2.24) is 5.32 Å². The lowest BCUT2D eigenvalue weighted by molar-refractivity contribution is 0.110. The fraction of sp³-hybridized carbons (Fsp3) is 0.227. The summed E-state index contributed by atoms with van der Waals surface area (Å²) >= 11 is 5.82. The van der Waals surface area contributed by atoms with Gasteiger partial charge in [0.25, 0.3) is 0 Å². The van der Waals surface area contributed by atoms with E-state index in [2.05, 4.69) is 11.4 Å². The smallest absolute Gasteiger partial charge is 0.407 e. The van der Waals surface area contributed by atoms with Crippen molar-refractivity contribution in [2.75, 3.05) is 5.88 Å². The Hall–Kier alpha value is -2.56. The van der Waals surface area contributed by atoms with E-state index in [0.29, 0.717) is 6.42 Å². The van der Waals surface area contributed by atoms with Crippen LogP contribution < -0.4 is 5.32 Å². The van der Waals surface area contributed by atoms with Crippen molar-refractivity contribution in [3.63, 3.8) is 0 Å². The summed E-state index contributed by atoms with van der Waals surface area (Å²) < 4.78 is 5.26. The highest BCUT2D eigenvalue weighted by Gasteiger charge is 2.22. The zero-order chi connectivity index (χ0) is 19.1. The summed E-state index contributed by atoms with van der Waals surface area (Å²) in [5, 5.41) is 15.2. The van der Waals surface area contributed by atoms with Crippen LogP contribution in [0, 0.1) is 0 Å². The van der Waals surface area contributed by atoms with Gasteiger partial charge >= 0.3 is 6.09 Å². The van der Waals surface area contributed by atoms with Gasteiger partial charge < -0.3 is 15.2 Å². The molecule has 0 radical (unpaired) electrons. The van der Waals surface area contributed by atoms with Gasteiger partial charge in [0.05, 0.1) is 18.0 Å². The molecule has 2 unspecified atom stereocenters. The van der Waals surface area contributed by atoms with Gasteiger partial charge in [0.1, 0.15) is 6.61 Å². The SMILES string of the molecule is O=C(NC(Cc1ccc2ccccc2c1)C(O)CCl)OCc1ccccc1. The number of rotatable bonds is 7. The Kier molecular flexibility index (Phi) is 6.69. The van der Waals surface area contributed by atoms with E-state index in [1.165, 1.54) is 0 Å². The van der Waals surface area contributed by atoms with Crippen LogP contribution in [0.15, 0.2) is 72.8 Å². The molecule has 3 rings (SSSR count). The fourth-order valence-corrected chi connectivity index (χ4v) is 3.14. The standard InChI is InChI=1S/C22H22ClNO3/c23-14-21(25)20(24-22(26)27-15-16-6-2-1-3-7-16)13-17-10-11-18-8-4-5-9-19(18)12-17/h1-12,20-21,25H,13-15H2,(H,24,26). The maximum Gasteiger partial charge on any atom is 0.407 e. The van der Waals surface area contributed by atoms with Crippen LogP contribution in [-0.4, -0.2) is 29.2 Å². The quantitative estimate of drug-likeness (QED) is 0.599. The second-order valence-corrected chi connectivity index (χ2v) is 6.73. The first-order valence-electron chi connectivity index (χ1n) is 8.84. The van der Waals surface area contributed by atoms with Crippen LogP contribution in [0.1, 0.15) is 11.1 Å². The molecule has 3 aromatic rings. The highest BCUT2D eigenvalue weighted by Crippen LogP contribution is 2.17. The van der Waals surface area contributed by atoms with Crippen molar-refractivity contribution in [2.45, 2.75) is 25.2 Å². The minimum atomic E-state index is -0.873. The number of nitrogens with one attached hydrogen (secondary N) is 1. The number of amides is 1. The largest absolute Gasteiger partial charge is 0.445 e. The topological polar surface area (TPSA) is 58.6 Å². The molecular formula is C22H22ClNO3. The summed E-state index contributed by atoms with van der Waals surface area (Å²) in [5.41, 5.74) is 1.91. The normalized spacial score (nSPS) is 13.1. The van der Waals surface area contributed by atoms with E-state index in [0.717, 1.165) is 21.9 Å². The summed E-state index contributed by atoms with van der Waals surface area (Å²) in [6, 6.07) is 23.0. The summed E-state index contributed by atoms with van der Waals surface area (Å²) in [5.74, 6) is 0.0250. The third-order valence-corrected chi connectivity index (χ3v) is 4.72. The number of hydrogen-bond donors (Lipinski definition) is 2. The van der Waals surface area contributed by atoms with Crippen LogP contribution in [0.25, 0.3) is 10.8 Å². The van der Waals surface area contributed by atoms with Crippen molar-refractivity contribution in [1.29, 1.82) is 0 Å².